The van der Waals surface area contributed by atoms with Crippen LogP contribution in [0.25, 0.3) is 0 Å². The fraction of sp³-hybridized carbons (Fsp3) is 0.444. The Labute approximate surface area is 147 Å². The van der Waals surface area contributed by atoms with Gasteiger partial charge in [-0.25, -0.2) is 9.18 Å². The van der Waals surface area contributed by atoms with Gasteiger partial charge in [0.15, 0.2) is 0 Å². The number of halogens is 1. The van der Waals surface area contributed by atoms with E-state index < -0.39 is 6.04 Å². The lowest BCUT2D eigenvalue weighted by Gasteiger charge is -2.37. The molecule has 1 atom stereocenters. The lowest BCUT2D eigenvalue weighted by atomic mass is 10.0. The number of hydrogen-bond donors (Lipinski definition) is 1. The lowest BCUT2D eigenvalue weighted by Crippen LogP contribution is -2.51. The predicted octanol–water partition coefficient (Wildman–Crippen LogP) is 0.960. The van der Waals surface area contributed by atoms with E-state index in [0.717, 1.165) is 0 Å². The van der Waals surface area contributed by atoms with Crippen LogP contribution in [0.15, 0.2) is 36.9 Å². The zero-order valence-electron chi connectivity index (χ0n) is 14.4. The summed E-state index contributed by atoms with van der Waals surface area (Å²) in [5, 5.41) is 2.75. The van der Waals surface area contributed by atoms with Crippen molar-refractivity contribution in [2.75, 3.05) is 46.4 Å². The highest BCUT2D eigenvalue weighted by Crippen LogP contribution is 2.24. The Kier molecular flexibility index (Phi) is 7.09. The Hall–Kier alpha value is -2.25. The minimum atomic E-state index is -0.567. The number of benzene rings is 1. The standard InChI is InChI=1S/C18H24FN3O3/c1-3-8-20-16(23)13-21-9-11-22(12-10-21)17(18(24)25-2)14-4-6-15(19)7-5-14/h3-7,17H,1,8-13H2,2H3,(H,20,23)/t17-/m0/s1. The van der Waals surface area contributed by atoms with E-state index in [0.29, 0.717) is 44.8 Å². The molecule has 1 aromatic carbocycles. The topological polar surface area (TPSA) is 61.9 Å². The molecule has 1 heterocycles. The summed E-state index contributed by atoms with van der Waals surface area (Å²) in [6.45, 7) is 6.90. The van der Waals surface area contributed by atoms with E-state index in [1.54, 1.807) is 18.2 Å². The molecule has 0 radical (unpaired) electrons. The average Bonchev–Trinajstić information content (AvgIpc) is 2.63. The summed E-state index contributed by atoms with van der Waals surface area (Å²) in [6.07, 6.45) is 1.64. The molecule has 25 heavy (non-hydrogen) atoms. The SMILES string of the molecule is C=CCNC(=O)CN1CCN([C@H](C(=O)OC)c2ccc(F)cc2)CC1. The third-order valence-electron chi connectivity index (χ3n) is 4.19. The van der Waals surface area contributed by atoms with Gasteiger partial charge in [0.1, 0.15) is 11.9 Å². The molecule has 1 amide bonds. The minimum Gasteiger partial charge on any atom is -0.468 e. The first kappa shape index (κ1) is 19.1. The van der Waals surface area contributed by atoms with Crippen LogP contribution in [0.4, 0.5) is 4.39 Å². The summed E-state index contributed by atoms with van der Waals surface area (Å²) >= 11 is 0. The number of amides is 1. The third-order valence-corrected chi connectivity index (χ3v) is 4.19. The molecule has 7 heteroatoms. The number of esters is 1. The van der Waals surface area contributed by atoms with Gasteiger partial charge in [-0.15, -0.1) is 6.58 Å². The van der Waals surface area contributed by atoms with Crippen LogP contribution in [0.3, 0.4) is 0 Å². The van der Waals surface area contributed by atoms with Gasteiger partial charge in [-0.3, -0.25) is 14.6 Å². The van der Waals surface area contributed by atoms with Crippen LogP contribution in [-0.2, 0) is 14.3 Å². The average molecular weight is 349 g/mol. The number of hydrogen-bond acceptors (Lipinski definition) is 5. The van der Waals surface area contributed by atoms with E-state index in [1.165, 1.54) is 19.2 Å². The molecule has 1 aromatic rings. The first-order chi connectivity index (χ1) is 12.0. The maximum absolute atomic E-state index is 13.2. The smallest absolute Gasteiger partial charge is 0.327 e. The highest BCUT2D eigenvalue weighted by Gasteiger charge is 2.31. The molecule has 0 unspecified atom stereocenters. The number of carbonyl (C=O) groups is 2. The zero-order chi connectivity index (χ0) is 18.2. The van der Waals surface area contributed by atoms with Crippen molar-refractivity contribution in [2.24, 2.45) is 0 Å². The van der Waals surface area contributed by atoms with Crippen molar-refractivity contribution in [1.82, 2.24) is 15.1 Å². The largest absolute Gasteiger partial charge is 0.468 e. The molecule has 1 saturated heterocycles. The van der Waals surface area contributed by atoms with Gasteiger partial charge in [0, 0.05) is 32.7 Å². The fourth-order valence-corrected chi connectivity index (χ4v) is 2.88. The highest BCUT2D eigenvalue weighted by atomic mass is 19.1. The summed E-state index contributed by atoms with van der Waals surface area (Å²) in [7, 11) is 1.35. The van der Waals surface area contributed by atoms with Crippen molar-refractivity contribution in [1.29, 1.82) is 0 Å². The molecule has 0 aromatic heterocycles. The molecule has 1 aliphatic heterocycles. The zero-order valence-corrected chi connectivity index (χ0v) is 14.4. The van der Waals surface area contributed by atoms with Gasteiger partial charge in [0.05, 0.1) is 13.7 Å². The van der Waals surface area contributed by atoms with Gasteiger partial charge in [-0.1, -0.05) is 18.2 Å². The maximum Gasteiger partial charge on any atom is 0.327 e. The van der Waals surface area contributed by atoms with Crippen molar-refractivity contribution < 1.29 is 18.7 Å². The Bertz CT molecular complexity index is 598. The second kappa shape index (κ2) is 9.29. The summed E-state index contributed by atoms with van der Waals surface area (Å²) in [4.78, 5) is 28.0. The molecule has 136 valence electrons. The van der Waals surface area contributed by atoms with Crippen molar-refractivity contribution >= 4 is 11.9 Å². The van der Waals surface area contributed by atoms with Crippen LogP contribution in [0.5, 0.6) is 0 Å². The molecule has 0 aliphatic carbocycles. The molecule has 0 bridgehead atoms. The Balaban J connectivity index is 1.97. The molecular weight excluding hydrogens is 325 g/mol. The summed E-state index contributed by atoms with van der Waals surface area (Å²) in [5.41, 5.74) is 0.699. The second-order valence-corrected chi connectivity index (χ2v) is 5.88. The minimum absolute atomic E-state index is 0.0450. The lowest BCUT2D eigenvalue weighted by molar-refractivity contribution is -0.148. The number of nitrogens with one attached hydrogen (secondary N) is 1. The van der Waals surface area contributed by atoms with E-state index in [1.807, 2.05) is 9.80 Å². The molecule has 1 N–H and O–H groups in total. The van der Waals surface area contributed by atoms with Crippen LogP contribution < -0.4 is 5.32 Å². The van der Waals surface area contributed by atoms with Gasteiger partial charge < -0.3 is 10.1 Å². The van der Waals surface area contributed by atoms with Gasteiger partial charge in [-0.2, -0.15) is 0 Å². The van der Waals surface area contributed by atoms with E-state index in [4.69, 9.17) is 4.74 Å². The van der Waals surface area contributed by atoms with E-state index in [2.05, 4.69) is 11.9 Å². The fourth-order valence-electron chi connectivity index (χ4n) is 2.88. The number of methoxy groups -OCH3 is 1. The predicted molar refractivity (Wildman–Crippen MR) is 92.4 cm³/mol. The normalized spacial score (nSPS) is 16.9. The van der Waals surface area contributed by atoms with Gasteiger partial charge >= 0.3 is 5.97 Å². The van der Waals surface area contributed by atoms with E-state index in [-0.39, 0.29) is 17.7 Å². The van der Waals surface area contributed by atoms with Crippen LogP contribution in [0, 0.1) is 5.82 Å². The summed E-state index contributed by atoms with van der Waals surface area (Å²) in [6, 6.07) is 5.32. The molecule has 0 saturated carbocycles. The van der Waals surface area contributed by atoms with Gasteiger partial charge in [0.25, 0.3) is 0 Å². The third kappa shape index (κ3) is 5.37. The monoisotopic (exact) mass is 349 g/mol. The molecule has 2 rings (SSSR count). The van der Waals surface area contributed by atoms with Crippen molar-refractivity contribution in [3.8, 4) is 0 Å². The Morgan fingerprint density at radius 1 is 1.28 bits per heavy atom. The first-order valence-electron chi connectivity index (χ1n) is 8.22. The maximum atomic E-state index is 13.2. The number of nitrogens with zero attached hydrogens (tertiary/aromatic N) is 2. The van der Waals surface area contributed by atoms with Crippen LogP contribution in [0.2, 0.25) is 0 Å². The number of carbonyl (C=O) groups excluding carboxylic acids is 2. The second-order valence-electron chi connectivity index (χ2n) is 5.88. The molecule has 0 spiro atoms. The quantitative estimate of drug-likeness (QED) is 0.587. The van der Waals surface area contributed by atoms with Gasteiger partial charge in [-0.05, 0) is 17.7 Å². The van der Waals surface area contributed by atoms with Crippen molar-refractivity contribution in [2.45, 2.75) is 6.04 Å². The van der Waals surface area contributed by atoms with Crippen LogP contribution in [0.1, 0.15) is 11.6 Å². The highest BCUT2D eigenvalue weighted by molar-refractivity contribution is 5.78. The van der Waals surface area contributed by atoms with Crippen molar-refractivity contribution in [3.05, 3.63) is 48.3 Å². The summed E-state index contributed by atoms with van der Waals surface area (Å²) < 4.78 is 18.1. The number of rotatable bonds is 7. The molecule has 6 nitrogen and oxygen atoms in total. The molecule has 1 fully saturated rings. The first-order valence-corrected chi connectivity index (χ1v) is 8.22. The van der Waals surface area contributed by atoms with Crippen LogP contribution in [-0.4, -0.2) is 68.1 Å². The van der Waals surface area contributed by atoms with Crippen LogP contribution >= 0.6 is 0 Å². The Morgan fingerprint density at radius 3 is 2.48 bits per heavy atom. The van der Waals surface area contributed by atoms with E-state index >= 15 is 0 Å². The summed E-state index contributed by atoms with van der Waals surface area (Å²) in [5.74, 6) is -0.761. The van der Waals surface area contributed by atoms with Gasteiger partial charge in [0.2, 0.25) is 5.91 Å². The Morgan fingerprint density at radius 2 is 1.92 bits per heavy atom. The number of ether oxygens (including phenoxy) is 1. The van der Waals surface area contributed by atoms with Crippen molar-refractivity contribution in [3.63, 3.8) is 0 Å². The van der Waals surface area contributed by atoms with E-state index in [9.17, 15) is 14.0 Å². The molecule has 1 aliphatic rings. The molecular formula is C18H24FN3O3. The number of piperazine rings is 1.